The second kappa shape index (κ2) is 5.73. The van der Waals surface area contributed by atoms with E-state index in [0.717, 1.165) is 6.42 Å². The summed E-state index contributed by atoms with van der Waals surface area (Å²) in [6.07, 6.45) is 1.11. The molecule has 0 aliphatic carbocycles. The predicted molar refractivity (Wildman–Crippen MR) is 72.4 cm³/mol. The van der Waals surface area contributed by atoms with Gasteiger partial charge in [-0.25, -0.2) is 4.79 Å². The predicted octanol–water partition coefficient (Wildman–Crippen LogP) is 2.86. The molecule has 0 aliphatic heterocycles. The Morgan fingerprint density at radius 3 is 2.42 bits per heavy atom. The molecule has 0 atom stereocenters. The molecular formula is C14H19NO4. The third kappa shape index (κ3) is 4.99. The third-order valence-corrected chi connectivity index (χ3v) is 2.61. The van der Waals surface area contributed by atoms with Crippen LogP contribution >= 0.6 is 0 Å². The number of aromatic carboxylic acids is 1. The molecule has 1 amide bonds. The van der Waals surface area contributed by atoms with Crippen LogP contribution in [0.5, 0.6) is 5.75 Å². The van der Waals surface area contributed by atoms with Crippen LogP contribution in [0.1, 0.15) is 44.0 Å². The van der Waals surface area contributed by atoms with Gasteiger partial charge in [-0.05, 0) is 30.0 Å². The minimum Gasteiger partial charge on any atom is -0.507 e. The smallest absolute Gasteiger partial charge is 0.339 e. The lowest BCUT2D eigenvalue weighted by Crippen LogP contribution is -2.15. The fourth-order valence-corrected chi connectivity index (χ4v) is 1.50. The van der Waals surface area contributed by atoms with Crippen LogP contribution in [0.4, 0.5) is 5.69 Å². The van der Waals surface area contributed by atoms with E-state index in [9.17, 15) is 14.7 Å². The molecule has 0 radical (unpaired) electrons. The molecule has 1 aromatic carbocycles. The lowest BCUT2D eigenvalue weighted by atomic mass is 9.90. The Balaban J connectivity index is 2.70. The molecule has 5 heteroatoms. The van der Waals surface area contributed by atoms with Gasteiger partial charge in [-0.2, -0.15) is 0 Å². The lowest BCUT2D eigenvalue weighted by molar-refractivity contribution is -0.116. The van der Waals surface area contributed by atoms with Crippen LogP contribution < -0.4 is 5.32 Å². The molecule has 0 saturated heterocycles. The average molecular weight is 265 g/mol. The maximum Gasteiger partial charge on any atom is 0.339 e. The van der Waals surface area contributed by atoms with Gasteiger partial charge in [0.05, 0.1) is 0 Å². The largest absolute Gasteiger partial charge is 0.507 e. The van der Waals surface area contributed by atoms with E-state index in [1.807, 2.05) is 20.8 Å². The number of carbonyl (C=O) groups excluding carboxylic acids is 1. The van der Waals surface area contributed by atoms with Gasteiger partial charge in [-0.15, -0.1) is 0 Å². The molecular weight excluding hydrogens is 246 g/mol. The fourth-order valence-electron chi connectivity index (χ4n) is 1.50. The zero-order valence-electron chi connectivity index (χ0n) is 11.4. The van der Waals surface area contributed by atoms with Crippen molar-refractivity contribution >= 4 is 17.6 Å². The van der Waals surface area contributed by atoms with E-state index in [0.29, 0.717) is 12.1 Å². The molecule has 0 spiro atoms. The number of benzene rings is 1. The molecule has 1 aromatic rings. The number of carboxylic acids is 1. The summed E-state index contributed by atoms with van der Waals surface area (Å²) in [6.45, 7) is 6.14. The van der Waals surface area contributed by atoms with E-state index in [-0.39, 0.29) is 22.6 Å². The minimum atomic E-state index is -1.23. The number of amides is 1. The summed E-state index contributed by atoms with van der Waals surface area (Å²) in [6, 6.07) is 3.96. The highest BCUT2D eigenvalue weighted by Gasteiger charge is 2.14. The average Bonchev–Trinajstić information content (AvgIpc) is 2.28. The molecule has 0 saturated carbocycles. The second-order valence-corrected chi connectivity index (χ2v) is 5.65. The number of carboxylic acid groups (broad SMARTS) is 1. The standard InChI is InChI=1S/C14H19NO4/c1-14(2,3)7-6-12(17)15-9-4-5-11(16)10(8-9)13(18)19/h4-5,8,16H,6-7H2,1-3H3,(H,15,17)(H,18,19). The highest BCUT2D eigenvalue weighted by Crippen LogP contribution is 2.23. The molecule has 3 N–H and O–H groups in total. The van der Waals surface area contributed by atoms with Crippen LogP contribution in [-0.2, 0) is 4.79 Å². The Morgan fingerprint density at radius 1 is 1.26 bits per heavy atom. The van der Waals surface area contributed by atoms with E-state index in [1.54, 1.807) is 0 Å². The molecule has 1 rings (SSSR count). The summed E-state index contributed by atoms with van der Waals surface area (Å²) in [5, 5.41) is 20.8. The van der Waals surface area contributed by atoms with Crippen molar-refractivity contribution in [2.45, 2.75) is 33.6 Å². The van der Waals surface area contributed by atoms with E-state index < -0.39 is 5.97 Å². The number of carbonyl (C=O) groups is 2. The quantitative estimate of drug-likeness (QED) is 0.730. The summed E-state index contributed by atoms with van der Waals surface area (Å²) in [5.41, 5.74) is 0.209. The Labute approximate surface area is 112 Å². The number of rotatable bonds is 4. The van der Waals surface area contributed by atoms with Crippen molar-refractivity contribution in [3.05, 3.63) is 23.8 Å². The molecule has 0 bridgehead atoms. The summed E-state index contributed by atoms with van der Waals surface area (Å²) in [5.74, 6) is -1.72. The number of hydrogen-bond acceptors (Lipinski definition) is 3. The van der Waals surface area contributed by atoms with Gasteiger partial charge in [-0.3, -0.25) is 4.79 Å². The minimum absolute atomic E-state index is 0.0680. The maximum absolute atomic E-state index is 11.7. The Hall–Kier alpha value is -2.04. The first-order valence-electron chi connectivity index (χ1n) is 6.05. The van der Waals surface area contributed by atoms with Crippen molar-refractivity contribution in [1.29, 1.82) is 0 Å². The molecule has 0 heterocycles. The van der Waals surface area contributed by atoms with Crippen molar-refractivity contribution in [1.82, 2.24) is 0 Å². The van der Waals surface area contributed by atoms with Crippen LogP contribution in [0.2, 0.25) is 0 Å². The molecule has 0 unspecified atom stereocenters. The molecule has 0 aliphatic rings. The number of nitrogens with one attached hydrogen (secondary N) is 1. The van der Waals surface area contributed by atoms with Crippen LogP contribution in [-0.4, -0.2) is 22.1 Å². The highest BCUT2D eigenvalue weighted by atomic mass is 16.4. The number of phenols is 1. The lowest BCUT2D eigenvalue weighted by Gasteiger charge is -2.17. The summed E-state index contributed by atoms with van der Waals surface area (Å²) in [7, 11) is 0. The van der Waals surface area contributed by atoms with Gasteiger partial charge in [0, 0.05) is 12.1 Å². The van der Waals surface area contributed by atoms with Crippen LogP contribution in [0.3, 0.4) is 0 Å². The first kappa shape index (κ1) is 15.0. The van der Waals surface area contributed by atoms with Crippen molar-refractivity contribution in [2.24, 2.45) is 5.41 Å². The maximum atomic E-state index is 11.7. The molecule has 19 heavy (non-hydrogen) atoms. The molecule has 104 valence electrons. The third-order valence-electron chi connectivity index (χ3n) is 2.61. The normalized spacial score (nSPS) is 11.1. The van der Waals surface area contributed by atoms with E-state index >= 15 is 0 Å². The monoisotopic (exact) mass is 265 g/mol. The SMILES string of the molecule is CC(C)(C)CCC(=O)Nc1ccc(O)c(C(=O)O)c1. The van der Waals surface area contributed by atoms with Gasteiger partial charge >= 0.3 is 5.97 Å². The van der Waals surface area contributed by atoms with Gasteiger partial charge in [-0.1, -0.05) is 20.8 Å². The van der Waals surface area contributed by atoms with Crippen molar-refractivity contribution in [2.75, 3.05) is 5.32 Å². The van der Waals surface area contributed by atoms with Crippen LogP contribution in [0.15, 0.2) is 18.2 Å². The van der Waals surface area contributed by atoms with Crippen LogP contribution in [0, 0.1) is 5.41 Å². The van der Waals surface area contributed by atoms with Crippen LogP contribution in [0.25, 0.3) is 0 Å². The van der Waals surface area contributed by atoms with Crippen molar-refractivity contribution < 1.29 is 19.8 Å². The Kier molecular flexibility index (Phi) is 4.53. The second-order valence-electron chi connectivity index (χ2n) is 5.65. The summed E-state index contributed by atoms with van der Waals surface area (Å²) in [4.78, 5) is 22.5. The van der Waals surface area contributed by atoms with Crippen molar-refractivity contribution in [3.63, 3.8) is 0 Å². The first-order valence-corrected chi connectivity index (χ1v) is 6.05. The Morgan fingerprint density at radius 2 is 1.89 bits per heavy atom. The van der Waals surface area contributed by atoms with Crippen molar-refractivity contribution in [3.8, 4) is 5.75 Å². The van der Waals surface area contributed by atoms with E-state index in [4.69, 9.17) is 5.11 Å². The molecule has 0 fully saturated rings. The van der Waals surface area contributed by atoms with Gasteiger partial charge < -0.3 is 15.5 Å². The summed E-state index contributed by atoms with van der Waals surface area (Å²) < 4.78 is 0. The fraction of sp³-hybridized carbons (Fsp3) is 0.429. The van der Waals surface area contributed by atoms with Gasteiger partial charge in [0.2, 0.25) is 5.91 Å². The molecule has 0 aromatic heterocycles. The summed E-state index contributed by atoms with van der Waals surface area (Å²) >= 11 is 0. The first-order chi connectivity index (χ1) is 8.69. The number of aromatic hydroxyl groups is 1. The number of hydrogen-bond donors (Lipinski definition) is 3. The van der Waals surface area contributed by atoms with Gasteiger partial charge in [0.25, 0.3) is 0 Å². The zero-order valence-corrected chi connectivity index (χ0v) is 11.4. The topological polar surface area (TPSA) is 86.6 Å². The Bertz CT molecular complexity index is 489. The molecule has 5 nitrogen and oxygen atoms in total. The highest BCUT2D eigenvalue weighted by molar-refractivity contribution is 5.95. The number of anilines is 1. The van der Waals surface area contributed by atoms with E-state index in [1.165, 1.54) is 18.2 Å². The zero-order chi connectivity index (χ0) is 14.6. The van der Waals surface area contributed by atoms with Gasteiger partial charge in [0.15, 0.2) is 0 Å². The van der Waals surface area contributed by atoms with Gasteiger partial charge in [0.1, 0.15) is 11.3 Å². The van der Waals surface area contributed by atoms with E-state index in [2.05, 4.69) is 5.32 Å².